The Kier molecular flexibility index (Phi) is 6.97. The molecule has 0 aliphatic carbocycles. The van der Waals surface area contributed by atoms with E-state index in [1.165, 1.54) is 12.8 Å². The third kappa shape index (κ3) is 5.56. The van der Waals surface area contributed by atoms with Crippen molar-refractivity contribution in [2.75, 3.05) is 26.4 Å². The minimum absolute atomic E-state index is 0.285. The molecule has 6 nitrogen and oxygen atoms in total. The van der Waals surface area contributed by atoms with Gasteiger partial charge in [-0.1, -0.05) is 12.1 Å². The van der Waals surface area contributed by atoms with E-state index in [9.17, 15) is 0 Å². The smallest absolute Gasteiger partial charge is 0.0964 e. The largest absolute Gasteiger partial charge is 0.377 e. The SMILES string of the molecule is CCCNCc1cn(CCOCC2CCCCO2)nn1. The standard InChI is InChI=1S/C14H26N4O2/c1-2-6-15-10-13-11-18(17-16-13)7-9-19-12-14-5-3-4-8-20-14/h11,14-15H,2-10,12H2,1H3. The van der Waals surface area contributed by atoms with Crippen LogP contribution in [0.4, 0.5) is 0 Å². The fourth-order valence-electron chi connectivity index (χ4n) is 2.23. The molecule has 1 N–H and O–H groups in total. The van der Waals surface area contributed by atoms with Crippen LogP contribution in [0.2, 0.25) is 0 Å². The summed E-state index contributed by atoms with van der Waals surface area (Å²) in [7, 11) is 0. The summed E-state index contributed by atoms with van der Waals surface area (Å²) in [5, 5.41) is 11.5. The van der Waals surface area contributed by atoms with E-state index in [1.54, 1.807) is 0 Å². The van der Waals surface area contributed by atoms with Crippen molar-refractivity contribution in [3.05, 3.63) is 11.9 Å². The highest BCUT2D eigenvalue weighted by molar-refractivity contribution is 4.91. The fraction of sp³-hybridized carbons (Fsp3) is 0.857. The van der Waals surface area contributed by atoms with Crippen LogP contribution < -0.4 is 5.32 Å². The Morgan fingerprint density at radius 1 is 1.50 bits per heavy atom. The Balaban J connectivity index is 1.56. The van der Waals surface area contributed by atoms with Gasteiger partial charge in [-0.05, 0) is 32.2 Å². The highest BCUT2D eigenvalue weighted by atomic mass is 16.5. The van der Waals surface area contributed by atoms with E-state index >= 15 is 0 Å². The molecule has 1 unspecified atom stereocenters. The van der Waals surface area contributed by atoms with E-state index < -0.39 is 0 Å². The normalized spacial score (nSPS) is 19.4. The molecule has 6 heteroatoms. The number of aromatic nitrogens is 3. The maximum Gasteiger partial charge on any atom is 0.0964 e. The average molecular weight is 282 g/mol. The Labute approximate surface area is 120 Å². The first-order chi connectivity index (χ1) is 9.88. The summed E-state index contributed by atoms with van der Waals surface area (Å²) >= 11 is 0. The van der Waals surface area contributed by atoms with Crippen molar-refractivity contribution < 1.29 is 9.47 Å². The third-order valence-electron chi connectivity index (χ3n) is 3.36. The average Bonchev–Trinajstić information content (AvgIpc) is 2.93. The van der Waals surface area contributed by atoms with Crippen LogP contribution in [0, 0.1) is 0 Å². The lowest BCUT2D eigenvalue weighted by atomic mass is 10.1. The van der Waals surface area contributed by atoms with Gasteiger partial charge in [-0.25, -0.2) is 4.68 Å². The predicted molar refractivity (Wildman–Crippen MR) is 76.4 cm³/mol. The summed E-state index contributed by atoms with van der Waals surface area (Å²) in [4.78, 5) is 0. The second kappa shape index (κ2) is 9.05. The van der Waals surface area contributed by atoms with Crippen LogP contribution in [0.3, 0.4) is 0 Å². The topological polar surface area (TPSA) is 61.2 Å². The molecule has 1 aromatic heterocycles. The van der Waals surface area contributed by atoms with Crippen molar-refractivity contribution in [2.24, 2.45) is 0 Å². The molecule has 1 aliphatic rings. The molecule has 1 atom stereocenters. The van der Waals surface area contributed by atoms with Gasteiger partial charge in [0, 0.05) is 19.3 Å². The number of nitrogens with zero attached hydrogens (tertiary/aromatic N) is 3. The molecule has 1 fully saturated rings. The number of nitrogens with one attached hydrogen (secondary N) is 1. The summed E-state index contributed by atoms with van der Waals surface area (Å²) in [6.07, 6.45) is 6.95. The van der Waals surface area contributed by atoms with Gasteiger partial charge >= 0.3 is 0 Å². The van der Waals surface area contributed by atoms with Gasteiger partial charge in [-0.2, -0.15) is 0 Å². The van der Waals surface area contributed by atoms with Gasteiger partial charge < -0.3 is 14.8 Å². The summed E-state index contributed by atoms with van der Waals surface area (Å²) < 4.78 is 13.1. The molecule has 20 heavy (non-hydrogen) atoms. The van der Waals surface area contributed by atoms with Crippen molar-refractivity contribution in [2.45, 2.75) is 51.8 Å². The van der Waals surface area contributed by atoms with Crippen LogP contribution in [0.15, 0.2) is 6.20 Å². The number of rotatable bonds is 9. The minimum Gasteiger partial charge on any atom is -0.377 e. The van der Waals surface area contributed by atoms with E-state index in [-0.39, 0.29) is 6.10 Å². The molecule has 2 heterocycles. The van der Waals surface area contributed by atoms with Gasteiger partial charge in [0.25, 0.3) is 0 Å². The van der Waals surface area contributed by atoms with Gasteiger partial charge in [0.05, 0.1) is 31.6 Å². The van der Waals surface area contributed by atoms with Gasteiger partial charge in [0.2, 0.25) is 0 Å². The summed E-state index contributed by atoms with van der Waals surface area (Å²) in [6, 6.07) is 0. The molecule has 1 saturated heterocycles. The molecular formula is C14H26N4O2. The van der Waals surface area contributed by atoms with Crippen molar-refractivity contribution in [3.8, 4) is 0 Å². The molecule has 0 aromatic carbocycles. The highest BCUT2D eigenvalue weighted by Crippen LogP contribution is 2.12. The lowest BCUT2D eigenvalue weighted by Gasteiger charge is -2.22. The van der Waals surface area contributed by atoms with Crippen LogP contribution in [0.5, 0.6) is 0 Å². The zero-order valence-corrected chi connectivity index (χ0v) is 12.4. The maximum atomic E-state index is 5.66. The monoisotopic (exact) mass is 282 g/mol. The Bertz CT molecular complexity index is 364. The molecule has 0 radical (unpaired) electrons. The molecule has 0 amide bonds. The molecular weight excluding hydrogens is 256 g/mol. The van der Waals surface area contributed by atoms with Crippen LogP contribution >= 0.6 is 0 Å². The number of ether oxygens (including phenoxy) is 2. The van der Waals surface area contributed by atoms with Gasteiger partial charge in [-0.3, -0.25) is 0 Å². The molecule has 1 aromatic rings. The Morgan fingerprint density at radius 2 is 2.45 bits per heavy atom. The zero-order chi connectivity index (χ0) is 14.0. The van der Waals surface area contributed by atoms with Crippen LogP contribution in [-0.2, 0) is 22.6 Å². The van der Waals surface area contributed by atoms with E-state index in [0.717, 1.165) is 44.8 Å². The predicted octanol–water partition coefficient (Wildman–Crippen LogP) is 1.36. The fourth-order valence-corrected chi connectivity index (χ4v) is 2.23. The summed E-state index contributed by atoms with van der Waals surface area (Å²) in [5.74, 6) is 0. The molecule has 0 saturated carbocycles. The lowest BCUT2D eigenvalue weighted by molar-refractivity contribution is -0.0421. The third-order valence-corrected chi connectivity index (χ3v) is 3.36. The zero-order valence-electron chi connectivity index (χ0n) is 12.4. The second-order valence-electron chi connectivity index (χ2n) is 5.21. The molecule has 114 valence electrons. The lowest BCUT2D eigenvalue weighted by Crippen LogP contribution is -2.25. The highest BCUT2D eigenvalue weighted by Gasteiger charge is 2.13. The van der Waals surface area contributed by atoms with Crippen LogP contribution in [-0.4, -0.2) is 47.5 Å². The Hall–Kier alpha value is -0.980. The molecule has 0 bridgehead atoms. The number of hydrogen-bond donors (Lipinski definition) is 1. The van der Waals surface area contributed by atoms with E-state index in [4.69, 9.17) is 9.47 Å². The van der Waals surface area contributed by atoms with Gasteiger partial charge in [-0.15, -0.1) is 5.10 Å². The first-order valence-electron chi connectivity index (χ1n) is 7.67. The van der Waals surface area contributed by atoms with E-state index in [2.05, 4.69) is 22.6 Å². The molecule has 2 rings (SSSR count). The van der Waals surface area contributed by atoms with Crippen LogP contribution in [0.1, 0.15) is 38.3 Å². The first kappa shape index (κ1) is 15.4. The minimum atomic E-state index is 0.285. The van der Waals surface area contributed by atoms with Gasteiger partial charge in [0.15, 0.2) is 0 Å². The summed E-state index contributed by atoms with van der Waals surface area (Å²) in [6.45, 7) is 6.92. The van der Waals surface area contributed by atoms with Crippen molar-refractivity contribution in [1.82, 2.24) is 20.3 Å². The van der Waals surface area contributed by atoms with Crippen molar-refractivity contribution in [1.29, 1.82) is 0 Å². The van der Waals surface area contributed by atoms with E-state index in [1.807, 2.05) is 10.9 Å². The van der Waals surface area contributed by atoms with Crippen molar-refractivity contribution >= 4 is 0 Å². The first-order valence-corrected chi connectivity index (χ1v) is 7.67. The maximum absolute atomic E-state index is 5.66. The van der Waals surface area contributed by atoms with Crippen molar-refractivity contribution in [3.63, 3.8) is 0 Å². The van der Waals surface area contributed by atoms with E-state index in [0.29, 0.717) is 13.2 Å². The second-order valence-corrected chi connectivity index (χ2v) is 5.21. The number of hydrogen-bond acceptors (Lipinski definition) is 5. The van der Waals surface area contributed by atoms with Gasteiger partial charge in [0.1, 0.15) is 0 Å². The summed E-state index contributed by atoms with van der Waals surface area (Å²) in [5.41, 5.74) is 0.981. The molecule has 1 aliphatic heterocycles. The quantitative estimate of drug-likeness (QED) is 0.693. The van der Waals surface area contributed by atoms with Crippen LogP contribution in [0.25, 0.3) is 0 Å². The molecule has 0 spiro atoms. The Morgan fingerprint density at radius 3 is 3.25 bits per heavy atom.